The van der Waals surface area contributed by atoms with Gasteiger partial charge in [-0.15, -0.1) is 0 Å². The maximum Gasteiger partial charge on any atom is 0.405 e. The second-order valence-corrected chi connectivity index (χ2v) is 4.17. The lowest BCUT2D eigenvalue weighted by Crippen LogP contribution is -2.35. The summed E-state index contributed by atoms with van der Waals surface area (Å²) in [5.41, 5.74) is 0. The molecule has 1 aromatic carbocycles. The average molecular weight is 331 g/mol. The van der Waals surface area contributed by atoms with Crippen LogP contribution in [0.1, 0.15) is 0 Å². The maximum absolute atomic E-state index is 12.8. The molecule has 0 heterocycles. The van der Waals surface area contributed by atoms with Crippen LogP contribution in [0.25, 0.3) is 0 Å². The molecule has 0 amide bonds. The topological polar surface area (TPSA) is 46.5 Å². The Hall–Kier alpha value is -1.31. The van der Waals surface area contributed by atoms with Crippen molar-refractivity contribution in [2.24, 2.45) is 5.92 Å². The van der Waals surface area contributed by atoms with Gasteiger partial charge in [-0.05, 0) is 34.1 Å². The average Bonchev–Trinajstić information content (AvgIpc) is 2.21. The molecule has 1 atom stereocenters. The maximum atomic E-state index is 12.8. The zero-order chi connectivity index (χ0) is 13.9. The predicted molar refractivity (Wildman–Crippen MR) is 56.8 cm³/mol. The number of hydrogen-bond donors (Lipinski definition) is 1. The summed E-state index contributed by atoms with van der Waals surface area (Å²) in [7, 11) is 0. The van der Waals surface area contributed by atoms with E-state index >= 15 is 0 Å². The molecule has 8 heteroatoms. The fourth-order valence-corrected chi connectivity index (χ4v) is 1.41. The van der Waals surface area contributed by atoms with Gasteiger partial charge < -0.3 is 9.84 Å². The highest BCUT2D eigenvalue weighted by Gasteiger charge is 2.45. The molecule has 0 saturated heterocycles. The number of alkyl halides is 3. The number of carboxylic acid groups (broad SMARTS) is 1. The van der Waals surface area contributed by atoms with Crippen molar-refractivity contribution in [2.45, 2.75) is 6.18 Å². The Labute approximate surface area is 107 Å². The number of rotatable bonds is 4. The number of carbonyl (C=O) groups is 1. The first kappa shape index (κ1) is 14.7. The van der Waals surface area contributed by atoms with Crippen LogP contribution in [-0.2, 0) is 4.79 Å². The van der Waals surface area contributed by atoms with Crippen LogP contribution >= 0.6 is 15.9 Å². The molecule has 1 N–H and O–H groups in total. The van der Waals surface area contributed by atoms with Crippen molar-refractivity contribution in [1.29, 1.82) is 0 Å². The van der Waals surface area contributed by atoms with E-state index in [1.165, 1.54) is 0 Å². The van der Waals surface area contributed by atoms with Crippen LogP contribution in [0.4, 0.5) is 17.6 Å². The van der Waals surface area contributed by atoms with Gasteiger partial charge >= 0.3 is 12.1 Å². The number of carboxylic acids is 1. The van der Waals surface area contributed by atoms with Crippen molar-refractivity contribution in [2.75, 3.05) is 6.61 Å². The van der Waals surface area contributed by atoms with Gasteiger partial charge in [0.05, 0.1) is 4.47 Å². The van der Waals surface area contributed by atoms with Gasteiger partial charge in [-0.3, -0.25) is 4.79 Å². The summed E-state index contributed by atoms with van der Waals surface area (Å²) in [6, 6.07) is 3.21. The highest BCUT2D eigenvalue weighted by atomic mass is 79.9. The molecule has 0 aromatic heterocycles. The van der Waals surface area contributed by atoms with E-state index in [0.29, 0.717) is 0 Å². The Morgan fingerprint density at radius 2 is 2.06 bits per heavy atom. The van der Waals surface area contributed by atoms with E-state index in [9.17, 15) is 22.4 Å². The van der Waals surface area contributed by atoms with E-state index in [2.05, 4.69) is 15.9 Å². The van der Waals surface area contributed by atoms with Crippen molar-refractivity contribution < 1.29 is 32.2 Å². The van der Waals surface area contributed by atoms with Crippen LogP contribution in [0.5, 0.6) is 5.75 Å². The molecular formula is C10H7BrF4O3. The molecule has 1 rings (SSSR count). The monoisotopic (exact) mass is 330 g/mol. The van der Waals surface area contributed by atoms with E-state index in [1.54, 1.807) is 0 Å². The molecule has 0 radical (unpaired) electrons. The normalized spacial score (nSPS) is 13.2. The zero-order valence-electron chi connectivity index (χ0n) is 8.67. The van der Waals surface area contributed by atoms with E-state index in [4.69, 9.17) is 9.84 Å². The minimum Gasteiger partial charge on any atom is -0.492 e. The van der Waals surface area contributed by atoms with Crippen molar-refractivity contribution in [3.63, 3.8) is 0 Å². The van der Waals surface area contributed by atoms with Gasteiger partial charge in [0.25, 0.3) is 0 Å². The van der Waals surface area contributed by atoms with E-state index < -0.39 is 30.5 Å². The van der Waals surface area contributed by atoms with E-state index in [-0.39, 0.29) is 10.2 Å². The first-order chi connectivity index (χ1) is 8.21. The molecular weight excluding hydrogens is 324 g/mol. The van der Waals surface area contributed by atoms with Crippen molar-refractivity contribution in [3.05, 3.63) is 28.5 Å². The molecule has 0 fully saturated rings. The molecule has 18 heavy (non-hydrogen) atoms. The second-order valence-electron chi connectivity index (χ2n) is 3.32. The van der Waals surface area contributed by atoms with Crippen LogP contribution in [0.2, 0.25) is 0 Å². The molecule has 1 aromatic rings. The summed E-state index contributed by atoms with van der Waals surface area (Å²) in [5, 5.41) is 8.42. The summed E-state index contributed by atoms with van der Waals surface area (Å²) in [5.74, 6) is -5.31. The highest BCUT2D eigenvalue weighted by Crippen LogP contribution is 2.28. The van der Waals surface area contributed by atoms with Crippen molar-refractivity contribution in [1.82, 2.24) is 0 Å². The summed E-state index contributed by atoms with van der Waals surface area (Å²) in [6.45, 7) is -1.07. The Morgan fingerprint density at radius 3 is 2.50 bits per heavy atom. The quantitative estimate of drug-likeness (QED) is 0.862. The third-order valence-electron chi connectivity index (χ3n) is 2.00. The summed E-state index contributed by atoms with van der Waals surface area (Å²) >= 11 is 2.83. The Morgan fingerprint density at radius 1 is 1.44 bits per heavy atom. The van der Waals surface area contributed by atoms with Crippen LogP contribution in [-0.4, -0.2) is 23.9 Å². The van der Waals surface area contributed by atoms with E-state index in [0.717, 1.165) is 18.2 Å². The Kier molecular flexibility index (Phi) is 4.55. The van der Waals surface area contributed by atoms with Crippen molar-refractivity contribution >= 4 is 21.9 Å². The number of halogens is 5. The van der Waals surface area contributed by atoms with E-state index in [1.807, 2.05) is 0 Å². The van der Waals surface area contributed by atoms with Gasteiger partial charge in [0, 0.05) is 0 Å². The molecule has 0 aliphatic carbocycles. The smallest absolute Gasteiger partial charge is 0.405 e. The minimum absolute atomic E-state index is 0.0129. The fourth-order valence-electron chi connectivity index (χ4n) is 1.05. The molecule has 0 spiro atoms. The molecule has 1 unspecified atom stereocenters. The number of aliphatic carboxylic acids is 1. The lowest BCUT2D eigenvalue weighted by Gasteiger charge is -2.16. The fraction of sp³-hybridized carbons (Fsp3) is 0.300. The molecule has 0 aliphatic heterocycles. The Bertz CT molecular complexity index is 447. The third kappa shape index (κ3) is 3.86. The predicted octanol–water partition coefficient (Wildman–Crippen LogP) is 3.23. The van der Waals surface area contributed by atoms with Gasteiger partial charge in [-0.2, -0.15) is 13.2 Å². The number of hydrogen-bond acceptors (Lipinski definition) is 2. The largest absolute Gasteiger partial charge is 0.492 e. The van der Waals surface area contributed by atoms with Crippen LogP contribution in [0.3, 0.4) is 0 Å². The first-order valence-electron chi connectivity index (χ1n) is 4.59. The van der Waals surface area contributed by atoms with Gasteiger partial charge in [-0.25, -0.2) is 4.39 Å². The molecule has 0 aliphatic rings. The van der Waals surface area contributed by atoms with Crippen LogP contribution in [0, 0.1) is 11.7 Å². The minimum atomic E-state index is -4.90. The SMILES string of the molecule is O=C(O)C(COc1ccc(F)c(Br)c1)C(F)(F)F. The van der Waals surface area contributed by atoms with Crippen LogP contribution in [0.15, 0.2) is 22.7 Å². The lowest BCUT2D eigenvalue weighted by molar-refractivity contribution is -0.198. The van der Waals surface area contributed by atoms with Crippen LogP contribution < -0.4 is 4.74 Å². The number of ether oxygens (including phenoxy) is 1. The van der Waals surface area contributed by atoms with Gasteiger partial charge in [0.2, 0.25) is 0 Å². The van der Waals surface area contributed by atoms with Gasteiger partial charge in [0.1, 0.15) is 18.2 Å². The van der Waals surface area contributed by atoms with Crippen molar-refractivity contribution in [3.8, 4) is 5.75 Å². The molecule has 0 bridgehead atoms. The van der Waals surface area contributed by atoms with Gasteiger partial charge in [0.15, 0.2) is 5.92 Å². The zero-order valence-corrected chi connectivity index (χ0v) is 10.3. The molecule has 0 saturated carbocycles. The standard InChI is InChI=1S/C10H7BrF4O3/c11-7-3-5(1-2-8(7)12)18-4-6(9(16)17)10(13,14)15/h1-3,6H,4H2,(H,16,17). The third-order valence-corrected chi connectivity index (χ3v) is 2.61. The van der Waals surface area contributed by atoms with Gasteiger partial charge in [-0.1, -0.05) is 0 Å². The summed E-state index contributed by atoms with van der Waals surface area (Å²) < 4.78 is 54.4. The second kappa shape index (κ2) is 5.55. The molecule has 3 nitrogen and oxygen atoms in total. The summed E-state index contributed by atoms with van der Waals surface area (Å²) in [6.07, 6.45) is -4.90. The first-order valence-corrected chi connectivity index (χ1v) is 5.38. The lowest BCUT2D eigenvalue weighted by atomic mass is 10.1. The Balaban J connectivity index is 2.73. The highest BCUT2D eigenvalue weighted by molar-refractivity contribution is 9.10. The summed E-state index contributed by atoms with van der Waals surface area (Å²) in [4.78, 5) is 10.4. The molecule has 100 valence electrons. The number of benzene rings is 1.